The Morgan fingerprint density at radius 2 is 2.00 bits per heavy atom. The molecule has 0 N–H and O–H groups in total. The molecule has 5 heteroatoms. The van der Waals surface area contributed by atoms with Crippen molar-refractivity contribution in [1.82, 2.24) is 0 Å². The van der Waals surface area contributed by atoms with E-state index < -0.39 is 23.6 Å². The molecule has 1 aromatic rings. The fraction of sp³-hybridized carbons (Fsp3) is 0.308. The number of hydrogen-bond acceptors (Lipinski definition) is 4. The number of para-hydroxylation sites is 1. The highest BCUT2D eigenvalue weighted by Crippen LogP contribution is 2.33. The third-order valence-electron chi connectivity index (χ3n) is 2.91. The summed E-state index contributed by atoms with van der Waals surface area (Å²) < 4.78 is 4.86. The van der Waals surface area contributed by atoms with Gasteiger partial charge >= 0.3 is 5.97 Å². The van der Waals surface area contributed by atoms with E-state index in [1.165, 1.54) is 11.9 Å². The predicted molar refractivity (Wildman–Crippen MR) is 64.2 cm³/mol. The van der Waals surface area contributed by atoms with E-state index >= 15 is 0 Å². The summed E-state index contributed by atoms with van der Waals surface area (Å²) in [5, 5.41) is 0. The van der Waals surface area contributed by atoms with E-state index in [4.69, 9.17) is 4.74 Å². The molecule has 1 aliphatic rings. The Balaban J connectivity index is 2.52. The summed E-state index contributed by atoms with van der Waals surface area (Å²) in [6.45, 7) is 1.83. The van der Waals surface area contributed by atoms with Gasteiger partial charge in [-0.1, -0.05) is 18.2 Å². The van der Waals surface area contributed by atoms with Gasteiger partial charge in [-0.2, -0.15) is 0 Å². The van der Waals surface area contributed by atoms with Crippen molar-refractivity contribution in [2.45, 2.75) is 12.8 Å². The number of nitrogens with zero attached hydrogens (tertiary/aromatic N) is 1. The van der Waals surface area contributed by atoms with E-state index in [1.54, 1.807) is 31.2 Å². The van der Waals surface area contributed by atoms with Crippen LogP contribution in [0.5, 0.6) is 0 Å². The molecule has 0 radical (unpaired) electrons. The van der Waals surface area contributed by atoms with Gasteiger partial charge < -0.3 is 9.64 Å². The van der Waals surface area contributed by atoms with Crippen molar-refractivity contribution in [2.24, 2.45) is 0 Å². The summed E-state index contributed by atoms with van der Waals surface area (Å²) in [5.41, 5.74) is 1.09. The van der Waals surface area contributed by atoms with Crippen molar-refractivity contribution in [3.05, 3.63) is 29.8 Å². The molecule has 94 valence electrons. The van der Waals surface area contributed by atoms with Gasteiger partial charge in [-0.3, -0.25) is 14.4 Å². The van der Waals surface area contributed by atoms with Crippen LogP contribution in [0.3, 0.4) is 0 Å². The SMILES string of the molecule is CCOC(=O)C1C(=O)C(=O)N(C)c2ccccc21. The minimum Gasteiger partial charge on any atom is -0.465 e. The van der Waals surface area contributed by atoms with Gasteiger partial charge in [0.15, 0.2) is 5.92 Å². The average molecular weight is 247 g/mol. The average Bonchev–Trinajstić information content (AvgIpc) is 2.37. The summed E-state index contributed by atoms with van der Waals surface area (Å²) in [5.74, 6) is -3.23. The maximum atomic E-state index is 11.9. The Morgan fingerprint density at radius 1 is 1.33 bits per heavy atom. The predicted octanol–water partition coefficient (Wildman–Crippen LogP) is 0.879. The maximum absolute atomic E-state index is 11.9. The molecule has 18 heavy (non-hydrogen) atoms. The van der Waals surface area contributed by atoms with Crippen LogP contribution in [-0.4, -0.2) is 31.3 Å². The van der Waals surface area contributed by atoms with Gasteiger partial charge in [0, 0.05) is 12.7 Å². The molecule has 0 saturated heterocycles. The van der Waals surface area contributed by atoms with Crippen molar-refractivity contribution in [3.63, 3.8) is 0 Å². The van der Waals surface area contributed by atoms with Crippen molar-refractivity contribution in [3.8, 4) is 0 Å². The lowest BCUT2D eigenvalue weighted by atomic mass is 9.88. The van der Waals surface area contributed by atoms with Gasteiger partial charge in [0.05, 0.1) is 6.61 Å². The lowest BCUT2D eigenvalue weighted by Crippen LogP contribution is -2.44. The zero-order valence-electron chi connectivity index (χ0n) is 10.2. The number of likely N-dealkylation sites (N-methyl/N-ethyl adjacent to an activating group) is 1. The second kappa shape index (κ2) is 4.60. The van der Waals surface area contributed by atoms with E-state index in [0.717, 1.165) is 0 Å². The second-order valence-corrected chi connectivity index (χ2v) is 3.97. The molecule has 0 aliphatic carbocycles. The largest absolute Gasteiger partial charge is 0.465 e. The van der Waals surface area contributed by atoms with Crippen LogP contribution >= 0.6 is 0 Å². The first-order valence-electron chi connectivity index (χ1n) is 5.65. The fourth-order valence-corrected chi connectivity index (χ4v) is 2.04. The Labute approximate surface area is 104 Å². The molecule has 2 rings (SSSR count). The van der Waals surface area contributed by atoms with Crippen LogP contribution < -0.4 is 4.90 Å². The Bertz CT molecular complexity index is 523. The Morgan fingerprint density at radius 3 is 2.67 bits per heavy atom. The maximum Gasteiger partial charge on any atom is 0.321 e. The number of ether oxygens (including phenoxy) is 1. The first kappa shape index (κ1) is 12.3. The molecule has 1 atom stereocenters. The minimum atomic E-state index is -1.13. The molecule has 1 aliphatic heterocycles. The van der Waals surface area contributed by atoms with E-state index in [-0.39, 0.29) is 6.61 Å². The van der Waals surface area contributed by atoms with Gasteiger partial charge in [-0.15, -0.1) is 0 Å². The van der Waals surface area contributed by atoms with Crippen molar-refractivity contribution < 1.29 is 19.1 Å². The number of hydrogen-bond donors (Lipinski definition) is 0. The van der Waals surface area contributed by atoms with Crippen LogP contribution in [0.1, 0.15) is 18.4 Å². The quantitative estimate of drug-likeness (QED) is 0.442. The Kier molecular flexibility index (Phi) is 3.14. The van der Waals surface area contributed by atoms with Crippen LogP contribution in [0.15, 0.2) is 24.3 Å². The second-order valence-electron chi connectivity index (χ2n) is 3.97. The van der Waals surface area contributed by atoms with E-state index in [2.05, 4.69) is 0 Å². The molecule has 0 bridgehead atoms. The summed E-state index contributed by atoms with van der Waals surface area (Å²) in [6.07, 6.45) is 0. The summed E-state index contributed by atoms with van der Waals surface area (Å²) in [7, 11) is 1.51. The highest BCUT2D eigenvalue weighted by Gasteiger charge is 2.42. The number of amides is 1. The highest BCUT2D eigenvalue weighted by atomic mass is 16.5. The first-order chi connectivity index (χ1) is 8.57. The van der Waals surface area contributed by atoms with Gasteiger partial charge in [0.25, 0.3) is 5.91 Å². The molecule has 0 spiro atoms. The van der Waals surface area contributed by atoms with Crippen LogP contribution in [-0.2, 0) is 19.1 Å². The molecular weight excluding hydrogens is 234 g/mol. The fourth-order valence-electron chi connectivity index (χ4n) is 2.04. The number of fused-ring (bicyclic) bond motifs is 1. The van der Waals surface area contributed by atoms with Crippen LogP contribution in [0, 0.1) is 0 Å². The van der Waals surface area contributed by atoms with Gasteiger partial charge in [0.2, 0.25) is 5.78 Å². The topological polar surface area (TPSA) is 63.7 Å². The van der Waals surface area contributed by atoms with Crippen LogP contribution in [0.2, 0.25) is 0 Å². The number of ketones is 1. The third kappa shape index (κ3) is 1.77. The minimum absolute atomic E-state index is 0.175. The molecule has 1 amide bonds. The molecule has 1 heterocycles. The molecule has 0 fully saturated rings. The van der Waals surface area contributed by atoms with Crippen LogP contribution in [0.4, 0.5) is 5.69 Å². The van der Waals surface area contributed by atoms with Gasteiger partial charge in [0.1, 0.15) is 0 Å². The normalized spacial score (nSPS) is 18.6. The molecule has 0 saturated carbocycles. The molecule has 5 nitrogen and oxygen atoms in total. The summed E-state index contributed by atoms with van der Waals surface area (Å²) >= 11 is 0. The summed E-state index contributed by atoms with van der Waals surface area (Å²) in [4.78, 5) is 36.8. The van der Waals surface area contributed by atoms with Crippen LogP contribution in [0.25, 0.3) is 0 Å². The lowest BCUT2D eigenvalue weighted by molar-refractivity contribution is -0.151. The van der Waals surface area contributed by atoms with Crippen molar-refractivity contribution in [1.29, 1.82) is 0 Å². The summed E-state index contributed by atoms with van der Waals surface area (Å²) in [6, 6.07) is 6.84. The number of Topliss-reactive ketones (excluding diaryl/α,β-unsaturated/α-hetero) is 1. The Hall–Kier alpha value is -2.17. The van der Waals surface area contributed by atoms with E-state index in [9.17, 15) is 14.4 Å². The highest BCUT2D eigenvalue weighted by molar-refractivity contribution is 6.47. The third-order valence-corrected chi connectivity index (χ3v) is 2.91. The molecule has 1 aromatic carbocycles. The number of anilines is 1. The molecule has 0 aromatic heterocycles. The van der Waals surface area contributed by atoms with Crippen molar-refractivity contribution in [2.75, 3.05) is 18.6 Å². The van der Waals surface area contributed by atoms with E-state index in [0.29, 0.717) is 11.3 Å². The van der Waals surface area contributed by atoms with Gasteiger partial charge in [-0.05, 0) is 18.6 Å². The van der Waals surface area contributed by atoms with Crippen molar-refractivity contribution >= 4 is 23.3 Å². The van der Waals surface area contributed by atoms with Gasteiger partial charge in [-0.25, -0.2) is 0 Å². The zero-order chi connectivity index (χ0) is 13.3. The standard InChI is InChI=1S/C13H13NO4/c1-3-18-13(17)10-8-6-4-5-7-9(8)14(2)12(16)11(10)15/h4-7,10H,3H2,1-2H3. The smallest absolute Gasteiger partial charge is 0.321 e. The number of rotatable bonds is 2. The number of esters is 1. The van der Waals surface area contributed by atoms with E-state index in [1.807, 2.05) is 0 Å². The number of carbonyl (C=O) groups is 3. The molecule has 1 unspecified atom stereocenters. The zero-order valence-corrected chi connectivity index (χ0v) is 10.2. The number of benzene rings is 1. The number of carbonyl (C=O) groups excluding carboxylic acids is 3. The lowest BCUT2D eigenvalue weighted by Gasteiger charge is -2.28. The molecular formula is C13H13NO4. The monoisotopic (exact) mass is 247 g/mol. The first-order valence-corrected chi connectivity index (χ1v) is 5.65.